The summed E-state index contributed by atoms with van der Waals surface area (Å²) in [5.74, 6) is 0.725. The van der Waals surface area contributed by atoms with Crippen LogP contribution in [0.2, 0.25) is 0 Å². The van der Waals surface area contributed by atoms with Crippen molar-refractivity contribution < 1.29 is 15.0 Å². The molecule has 0 unspecified atom stereocenters. The summed E-state index contributed by atoms with van der Waals surface area (Å²) in [6.45, 7) is 10.2. The molecule has 2 N–H and O–H groups in total. The van der Waals surface area contributed by atoms with Crippen LogP contribution in [0.5, 0.6) is 0 Å². The van der Waals surface area contributed by atoms with Gasteiger partial charge in [-0.1, -0.05) is 31.6 Å². The molecule has 128 valence electrons. The molecule has 0 saturated heterocycles. The molecule has 0 aromatic rings. The highest BCUT2D eigenvalue weighted by atomic mass is 16.3. The van der Waals surface area contributed by atoms with E-state index in [4.69, 9.17) is 0 Å². The maximum absolute atomic E-state index is 12.3. The van der Waals surface area contributed by atoms with Crippen LogP contribution in [-0.2, 0) is 4.79 Å². The molecule has 0 amide bonds. The summed E-state index contributed by atoms with van der Waals surface area (Å²) in [4.78, 5) is 12.3. The number of fused-ring (bicyclic) bond motifs is 1. The van der Waals surface area contributed by atoms with Gasteiger partial charge in [0.25, 0.3) is 0 Å². The van der Waals surface area contributed by atoms with Crippen molar-refractivity contribution in [2.24, 2.45) is 17.3 Å². The Bertz CT molecular complexity index is 565. The topological polar surface area (TPSA) is 57.5 Å². The van der Waals surface area contributed by atoms with Gasteiger partial charge in [-0.3, -0.25) is 4.79 Å². The summed E-state index contributed by atoms with van der Waals surface area (Å²) in [7, 11) is 0. The molecular formula is C20H30O3. The van der Waals surface area contributed by atoms with Crippen LogP contribution in [0.25, 0.3) is 0 Å². The summed E-state index contributed by atoms with van der Waals surface area (Å²) in [6.07, 6.45) is 6.44. The van der Waals surface area contributed by atoms with Gasteiger partial charge in [0.05, 0.1) is 6.10 Å². The van der Waals surface area contributed by atoms with E-state index in [0.717, 1.165) is 12.8 Å². The van der Waals surface area contributed by atoms with Gasteiger partial charge in [-0.25, -0.2) is 0 Å². The first-order valence-corrected chi connectivity index (χ1v) is 8.57. The van der Waals surface area contributed by atoms with Crippen molar-refractivity contribution in [2.75, 3.05) is 0 Å². The van der Waals surface area contributed by atoms with Crippen LogP contribution in [0.4, 0.5) is 0 Å². The average Bonchev–Trinajstić information content (AvgIpc) is 3.00. The standard InChI is InChI=1S/C20H30O3/c1-12-6-8-15-16(20(15,4)5)10-14(3)19(23)18(22)11-13(2)17(21)9-7-12/h7,10-11,15-18,21-22H,6,8-9H2,1-5H3/b12-7+,13-11+,14-10+/t15-,16+,17+,18-/m0/s1. The molecule has 23 heavy (non-hydrogen) atoms. The van der Waals surface area contributed by atoms with Crippen LogP contribution in [-0.4, -0.2) is 28.2 Å². The van der Waals surface area contributed by atoms with Gasteiger partial charge in [0.2, 0.25) is 0 Å². The molecule has 1 fully saturated rings. The molecule has 1 saturated carbocycles. The number of allylic oxidation sites excluding steroid dienone is 2. The highest BCUT2D eigenvalue weighted by Crippen LogP contribution is 2.61. The fourth-order valence-corrected chi connectivity index (χ4v) is 3.67. The maximum atomic E-state index is 12.3. The van der Waals surface area contributed by atoms with Crippen LogP contribution in [0.15, 0.2) is 34.9 Å². The highest BCUT2D eigenvalue weighted by molar-refractivity contribution is 5.99. The number of hydrogen-bond donors (Lipinski definition) is 2. The summed E-state index contributed by atoms with van der Waals surface area (Å²) in [5.41, 5.74) is 2.79. The average molecular weight is 318 g/mol. The lowest BCUT2D eigenvalue weighted by Gasteiger charge is -2.13. The number of Topliss-reactive ketones (excluding diaryl/α,β-unsaturated/α-hetero) is 1. The second-order valence-corrected chi connectivity index (χ2v) is 7.86. The van der Waals surface area contributed by atoms with E-state index in [2.05, 4.69) is 26.8 Å². The first-order valence-electron chi connectivity index (χ1n) is 8.57. The van der Waals surface area contributed by atoms with Crippen molar-refractivity contribution >= 4 is 5.78 Å². The predicted molar refractivity (Wildman–Crippen MR) is 92.9 cm³/mol. The van der Waals surface area contributed by atoms with E-state index in [9.17, 15) is 15.0 Å². The SMILES string of the molecule is C/C1=C\C[C@@H](O)/C(C)=C/[C@H](O)C(=O)/C(C)=C/[C@@H]2[C@H](CC1)C2(C)C. The van der Waals surface area contributed by atoms with E-state index >= 15 is 0 Å². The summed E-state index contributed by atoms with van der Waals surface area (Å²) in [5, 5.41) is 20.3. The molecule has 2 aliphatic carbocycles. The molecule has 2 aliphatic rings. The van der Waals surface area contributed by atoms with Gasteiger partial charge in [-0.05, 0) is 74.5 Å². The number of hydrogen-bond acceptors (Lipinski definition) is 3. The molecule has 0 bridgehead atoms. The van der Waals surface area contributed by atoms with Crippen LogP contribution in [0.3, 0.4) is 0 Å². The second-order valence-electron chi connectivity index (χ2n) is 7.86. The van der Waals surface area contributed by atoms with Crippen LogP contribution < -0.4 is 0 Å². The molecule has 0 radical (unpaired) electrons. The van der Waals surface area contributed by atoms with Crippen molar-refractivity contribution in [3.8, 4) is 0 Å². The third-order valence-corrected chi connectivity index (χ3v) is 5.71. The Labute approximate surface area is 139 Å². The van der Waals surface area contributed by atoms with E-state index < -0.39 is 12.2 Å². The Morgan fingerprint density at radius 2 is 1.78 bits per heavy atom. The lowest BCUT2D eigenvalue weighted by Crippen LogP contribution is -2.21. The van der Waals surface area contributed by atoms with Crippen molar-refractivity contribution in [2.45, 2.75) is 66.1 Å². The minimum Gasteiger partial charge on any atom is -0.388 e. The first-order chi connectivity index (χ1) is 10.6. The Morgan fingerprint density at radius 1 is 1.13 bits per heavy atom. The zero-order valence-corrected chi connectivity index (χ0v) is 15.0. The van der Waals surface area contributed by atoms with Gasteiger partial charge in [-0.15, -0.1) is 0 Å². The molecular weight excluding hydrogens is 288 g/mol. The Kier molecular flexibility index (Phi) is 5.32. The lowest BCUT2D eigenvalue weighted by atomic mass is 9.98. The number of carbonyl (C=O) groups is 1. The van der Waals surface area contributed by atoms with Gasteiger partial charge >= 0.3 is 0 Å². The molecule has 2 rings (SSSR count). The van der Waals surface area contributed by atoms with E-state index in [-0.39, 0.29) is 11.2 Å². The molecule has 0 heterocycles. The molecule has 0 aromatic carbocycles. The van der Waals surface area contributed by atoms with Gasteiger partial charge in [0.1, 0.15) is 6.10 Å². The summed E-state index contributed by atoms with van der Waals surface area (Å²) >= 11 is 0. The largest absolute Gasteiger partial charge is 0.388 e. The number of carbonyl (C=O) groups excluding carboxylic acids is 1. The van der Waals surface area contributed by atoms with Crippen molar-refractivity contribution in [1.29, 1.82) is 0 Å². The second kappa shape index (κ2) is 6.74. The number of aliphatic hydroxyl groups excluding tert-OH is 2. The zero-order chi connectivity index (χ0) is 17.4. The molecule has 3 heteroatoms. The first kappa shape index (κ1) is 18.2. The Morgan fingerprint density at radius 3 is 2.43 bits per heavy atom. The lowest BCUT2D eigenvalue weighted by molar-refractivity contribution is -0.121. The van der Waals surface area contributed by atoms with Crippen LogP contribution >= 0.6 is 0 Å². The molecule has 0 aliphatic heterocycles. The monoisotopic (exact) mass is 318 g/mol. The highest BCUT2D eigenvalue weighted by Gasteiger charge is 2.55. The predicted octanol–water partition coefficient (Wildman–Crippen LogP) is 3.57. The van der Waals surface area contributed by atoms with Gasteiger partial charge in [0.15, 0.2) is 5.78 Å². The van der Waals surface area contributed by atoms with E-state index in [1.54, 1.807) is 13.8 Å². The van der Waals surface area contributed by atoms with Crippen molar-refractivity contribution in [1.82, 2.24) is 0 Å². The summed E-state index contributed by atoms with van der Waals surface area (Å²) in [6, 6.07) is 0. The number of aliphatic hydroxyl groups is 2. The van der Waals surface area contributed by atoms with E-state index in [0.29, 0.717) is 29.4 Å². The quantitative estimate of drug-likeness (QED) is 0.671. The molecule has 3 nitrogen and oxygen atoms in total. The van der Waals surface area contributed by atoms with Crippen LogP contribution in [0.1, 0.15) is 53.9 Å². The Balaban J connectivity index is 2.30. The normalized spacial score (nSPS) is 42.2. The fraction of sp³-hybridized carbons (Fsp3) is 0.650. The fourth-order valence-electron chi connectivity index (χ4n) is 3.67. The van der Waals surface area contributed by atoms with E-state index in [1.165, 1.54) is 11.6 Å². The minimum atomic E-state index is -1.17. The van der Waals surface area contributed by atoms with Crippen molar-refractivity contribution in [3.05, 3.63) is 34.9 Å². The van der Waals surface area contributed by atoms with Gasteiger partial charge in [0, 0.05) is 0 Å². The Hall–Kier alpha value is -1.19. The molecule has 0 spiro atoms. The third kappa shape index (κ3) is 4.02. The van der Waals surface area contributed by atoms with E-state index in [1.807, 2.05) is 6.08 Å². The smallest absolute Gasteiger partial charge is 0.190 e. The van der Waals surface area contributed by atoms with Gasteiger partial charge in [-0.2, -0.15) is 0 Å². The molecule has 0 aromatic heterocycles. The van der Waals surface area contributed by atoms with Gasteiger partial charge < -0.3 is 10.2 Å². The number of rotatable bonds is 0. The van der Waals surface area contributed by atoms with Crippen LogP contribution in [0, 0.1) is 17.3 Å². The maximum Gasteiger partial charge on any atom is 0.190 e. The molecule has 4 atom stereocenters. The van der Waals surface area contributed by atoms with Crippen molar-refractivity contribution in [3.63, 3.8) is 0 Å². The summed E-state index contributed by atoms with van der Waals surface area (Å²) < 4.78 is 0. The zero-order valence-electron chi connectivity index (χ0n) is 15.0. The number of ketones is 1. The third-order valence-electron chi connectivity index (χ3n) is 5.71. The minimum absolute atomic E-state index is 0.220.